The first kappa shape index (κ1) is 17.9. The number of nitrogens with zero attached hydrogens (tertiary/aromatic N) is 2. The Kier molecular flexibility index (Phi) is 5.18. The molecule has 7 heteroatoms. The highest BCUT2D eigenvalue weighted by molar-refractivity contribution is 5.90. The molecule has 0 saturated carbocycles. The normalized spacial score (nSPS) is 19.8. The van der Waals surface area contributed by atoms with E-state index in [4.69, 9.17) is 4.74 Å². The molecule has 0 aromatic heterocycles. The molecule has 2 atom stereocenters. The van der Waals surface area contributed by atoms with Crippen molar-refractivity contribution in [3.8, 4) is 0 Å². The average Bonchev–Trinajstić information content (AvgIpc) is 2.63. The summed E-state index contributed by atoms with van der Waals surface area (Å²) in [7, 11) is 0. The van der Waals surface area contributed by atoms with Gasteiger partial charge in [0.15, 0.2) is 0 Å². The summed E-state index contributed by atoms with van der Waals surface area (Å²) in [5, 5.41) is 13.8. The molecule has 26 heavy (non-hydrogen) atoms. The zero-order valence-electron chi connectivity index (χ0n) is 14.7. The van der Waals surface area contributed by atoms with E-state index in [-0.39, 0.29) is 23.9 Å². The van der Waals surface area contributed by atoms with E-state index in [1.54, 1.807) is 17.9 Å². The van der Waals surface area contributed by atoms with Crippen molar-refractivity contribution >= 4 is 17.4 Å². The third kappa shape index (κ3) is 4.00. The van der Waals surface area contributed by atoms with Crippen molar-refractivity contribution in [3.05, 3.63) is 69.8 Å². The summed E-state index contributed by atoms with van der Waals surface area (Å²) < 4.78 is 5.97. The first-order valence-corrected chi connectivity index (χ1v) is 8.45. The van der Waals surface area contributed by atoms with Gasteiger partial charge in [0.05, 0.1) is 23.3 Å². The summed E-state index contributed by atoms with van der Waals surface area (Å²) in [4.78, 5) is 24.9. The molecule has 0 aliphatic carbocycles. The fraction of sp³-hybridized carbons (Fsp3) is 0.316. The summed E-state index contributed by atoms with van der Waals surface area (Å²) in [6.07, 6.45) is -0.303. The molecule has 136 valence electrons. The highest BCUT2D eigenvalue weighted by Crippen LogP contribution is 2.27. The molecule has 0 radical (unpaired) electrons. The first-order chi connectivity index (χ1) is 12.4. The van der Waals surface area contributed by atoms with Crippen LogP contribution in [0.4, 0.5) is 16.2 Å². The molecule has 7 nitrogen and oxygen atoms in total. The highest BCUT2D eigenvalue weighted by Gasteiger charge is 2.29. The zero-order chi connectivity index (χ0) is 18.7. The summed E-state index contributed by atoms with van der Waals surface area (Å²) in [5.74, 6) is 0. The van der Waals surface area contributed by atoms with Gasteiger partial charge in [0.1, 0.15) is 6.10 Å². The number of carbonyl (C=O) groups is 1. The Morgan fingerprint density at radius 1 is 1.23 bits per heavy atom. The van der Waals surface area contributed by atoms with Gasteiger partial charge in [-0.3, -0.25) is 10.1 Å². The Bertz CT molecular complexity index is 810. The van der Waals surface area contributed by atoms with Crippen molar-refractivity contribution < 1.29 is 14.5 Å². The Morgan fingerprint density at radius 2 is 1.96 bits per heavy atom. The van der Waals surface area contributed by atoms with Gasteiger partial charge in [-0.1, -0.05) is 36.4 Å². The molecule has 0 bridgehead atoms. The molecule has 0 unspecified atom stereocenters. The van der Waals surface area contributed by atoms with Crippen LogP contribution in [0.5, 0.6) is 0 Å². The van der Waals surface area contributed by atoms with E-state index in [0.717, 1.165) is 11.1 Å². The summed E-state index contributed by atoms with van der Waals surface area (Å²) >= 11 is 0. The van der Waals surface area contributed by atoms with Crippen LogP contribution >= 0.6 is 0 Å². The number of ether oxygens (including phenoxy) is 1. The fourth-order valence-corrected chi connectivity index (χ4v) is 3.02. The largest absolute Gasteiger partial charge is 0.367 e. The Morgan fingerprint density at radius 3 is 2.65 bits per heavy atom. The number of non-ortho nitro benzene ring substituents is 1. The van der Waals surface area contributed by atoms with Crippen molar-refractivity contribution in [2.45, 2.75) is 26.1 Å². The molecule has 3 rings (SSSR count). The van der Waals surface area contributed by atoms with Gasteiger partial charge < -0.3 is 15.0 Å². The Hall–Kier alpha value is -2.93. The van der Waals surface area contributed by atoms with Crippen LogP contribution in [-0.2, 0) is 4.74 Å². The number of nitro benzene ring substituents is 1. The van der Waals surface area contributed by atoms with Gasteiger partial charge >= 0.3 is 6.03 Å². The van der Waals surface area contributed by atoms with E-state index in [2.05, 4.69) is 5.32 Å². The molecule has 1 saturated heterocycles. The van der Waals surface area contributed by atoms with Gasteiger partial charge in [-0.05, 0) is 25.0 Å². The molecule has 1 heterocycles. The zero-order valence-corrected chi connectivity index (χ0v) is 14.7. The van der Waals surface area contributed by atoms with Crippen molar-refractivity contribution in [2.75, 3.05) is 18.4 Å². The number of morpholine rings is 1. The number of aryl methyl sites for hydroxylation is 1. The second kappa shape index (κ2) is 7.53. The summed E-state index contributed by atoms with van der Waals surface area (Å²) in [6.45, 7) is 4.61. The average molecular weight is 355 g/mol. The molecule has 2 aromatic rings. The van der Waals surface area contributed by atoms with Crippen LogP contribution < -0.4 is 5.32 Å². The number of benzene rings is 2. The number of anilines is 1. The monoisotopic (exact) mass is 355 g/mol. The number of hydrogen-bond acceptors (Lipinski definition) is 4. The molecule has 0 spiro atoms. The van der Waals surface area contributed by atoms with Gasteiger partial charge in [-0.2, -0.15) is 0 Å². The minimum absolute atomic E-state index is 0.0524. The molecule has 1 N–H and O–H groups in total. The third-order valence-corrected chi connectivity index (χ3v) is 4.39. The van der Waals surface area contributed by atoms with E-state index < -0.39 is 4.92 Å². The predicted octanol–water partition coefficient (Wildman–Crippen LogP) is 3.90. The van der Waals surface area contributed by atoms with E-state index in [1.807, 2.05) is 37.3 Å². The molecule has 1 aliphatic rings. The van der Waals surface area contributed by atoms with Crippen molar-refractivity contribution in [2.24, 2.45) is 0 Å². The van der Waals surface area contributed by atoms with Crippen LogP contribution in [0.3, 0.4) is 0 Å². The maximum absolute atomic E-state index is 12.7. The van der Waals surface area contributed by atoms with Crippen LogP contribution in [-0.4, -0.2) is 35.0 Å². The topological polar surface area (TPSA) is 84.7 Å². The van der Waals surface area contributed by atoms with Gasteiger partial charge in [0, 0.05) is 18.7 Å². The number of carbonyl (C=O) groups excluding carboxylic acids is 1. The third-order valence-electron chi connectivity index (χ3n) is 4.39. The standard InChI is InChI=1S/C19H21N3O4/c1-13-8-9-16(22(24)25)10-17(13)20-19(23)21-11-14(2)26-18(12-21)15-6-4-3-5-7-15/h3-10,14,18H,11-12H2,1-2H3,(H,20,23)/t14-,18+/m0/s1. The lowest BCUT2D eigenvalue weighted by atomic mass is 10.1. The van der Waals surface area contributed by atoms with E-state index in [9.17, 15) is 14.9 Å². The van der Waals surface area contributed by atoms with Crippen LogP contribution in [0.2, 0.25) is 0 Å². The SMILES string of the molecule is Cc1ccc([N+](=O)[O-])cc1NC(=O)N1C[C@H](C)O[C@@H](c2ccccc2)C1. The smallest absolute Gasteiger partial charge is 0.322 e. The summed E-state index contributed by atoms with van der Waals surface area (Å²) in [6, 6.07) is 13.9. The van der Waals surface area contributed by atoms with Crippen LogP contribution in [0, 0.1) is 17.0 Å². The lowest BCUT2D eigenvalue weighted by molar-refractivity contribution is -0.384. The minimum Gasteiger partial charge on any atom is -0.367 e. The van der Waals surface area contributed by atoms with Gasteiger partial charge in [-0.25, -0.2) is 4.79 Å². The predicted molar refractivity (Wildman–Crippen MR) is 98.2 cm³/mol. The molecule has 1 fully saturated rings. The van der Waals surface area contributed by atoms with Crippen LogP contribution in [0.15, 0.2) is 48.5 Å². The quantitative estimate of drug-likeness (QED) is 0.668. The van der Waals surface area contributed by atoms with Gasteiger partial charge in [0.2, 0.25) is 0 Å². The number of rotatable bonds is 3. The second-order valence-corrected chi connectivity index (χ2v) is 6.44. The van der Waals surface area contributed by atoms with E-state index in [1.165, 1.54) is 12.1 Å². The minimum atomic E-state index is -0.475. The number of urea groups is 1. The van der Waals surface area contributed by atoms with E-state index in [0.29, 0.717) is 18.8 Å². The van der Waals surface area contributed by atoms with Crippen LogP contribution in [0.25, 0.3) is 0 Å². The van der Waals surface area contributed by atoms with Gasteiger partial charge in [0.25, 0.3) is 5.69 Å². The molecule has 2 aromatic carbocycles. The number of amides is 2. The maximum atomic E-state index is 12.7. The highest BCUT2D eigenvalue weighted by atomic mass is 16.6. The molecular weight excluding hydrogens is 334 g/mol. The number of hydrogen-bond donors (Lipinski definition) is 1. The number of nitrogens with one attached hydrogen (secondary N) is 1. The Balaban J connectivity index is 1.75. The maximum Gasteiger partial charge on any atom is 0.322 e. The van der Waals surface area contributed by atoms with E-state index >= 15 is 0 Å². The van der Waals surface area contributed by atoms with Gasteiger partial charge in [-0.15, -0.1) is 0 Å². The molecular formula is C19H21N3O4. The lowest BCUT2D eigenvalue weighted by Gasteiger charge is -2.37. The molecule has 1 aliphatic heterocycles. The second-order valence-electron chi connectivity index (χ2n) is 6.44. The van der Waals surface area contributed by atoms with Crippen molar-refractivity contribution in [3.63, 3.8) is 0 Å². The summed E-state index contributed by atoms with van der Waals surface area (Å²) in [5.41, 5.74) is 2.18. The lowest BCUT2D eigenvalue weighted by Crippen LogP contribution is -2.47. The van der Waals surface area contributed by atoms with Crippen molar-refractivity contribution in [1.29, 1.82) is 0 Å². The first-order valence-electron chi connectivity index (χ1n) is 8.45. The Labute approximate surface area is 151 Å². The van der Waals surface area contributed by atoms with Crippen LogP contribution in [0.1, 0.15) is 24.2 Å². The fourth-order valence-electron chi connectivity index (χ4n) is 3.02. The van der Waals surface area contributed by atoms with Crippen molar-refractivity contribution in [1.82, 2.24) is 4.90 Å². The molecule has 2 amide bonds. The number of nitro groups is 1.